The molecular formula is C14H13BrF3N3. The van der Waals surface area contributed by atoms with E-state index in [0.29, 0.717) is 18.8 Å². The Labute approximate surface area is 128 Å². The molecule has 0 aliphatic carbocycles. The minimum Gasteiger partial charge on any atom is -0.369 e. The van der Waals surface area contributed by atoms with E-state index in [4.69, 9.17) is 0 Å². The van der Waals surface area contributed by atoms with E-state index in [1.165, 1.54) is 4.68 Å². The first-order chi connectivity index (χ1) is 9.89. The summed E-state index contributed by atoms with van der Waals surface area (Å²) >= 11 is 3.03. The van der Waals surface area contributed by atoms with Gasteiger partial charge in [0.05, 0.1) is 10.5 Å². The summed E-state index contributed by atoms with van der Waals surface area (Å²) in [4.78, 5) is 0. The fourth-order valence-corrected chi connectivity index (χ4v) is 3.30. The number of nitrogens with one attached hydrogen (secondary N) is 1. The first kappa shape index (κ1) is 14.4. The molecular weight excluding hydrogens is 347 g/mol. The fourth-order valence-electron chi connectivity index (χ4n) is 2.68. The molecule has 1 N–H and O–H groups in total. The Morgan fingerprint density at radius 3 is 2.71 bits per heavy atom. The van der Waals surface area contributed by atoms with Gasteiger partial charge in [0.2, 0.25) is 0 Å². The van der Waals surface area contributed by atoms with E-state index in [2.05, 4.69) is 26.3 Å². The molecule has 1 aliphatic rings. The number of fused-ring (bicyclic) bond motifs is 1. The van der Waals surface area contributed by atoms with Crippen molar-refractivity contribution in [3.63, 3.8) is 0 Å². The highest BCUT2D eigenvalue weighted by atomic mass is 79.9. The van der Waals surface area contributed by atoms with Crippen LogP contribution in [-0.2, 0) is 6.18 Å². The molecule has 21 heavy (non-hydrogen) atoms. The third-order valence-corrected chi connectivity index (χ3v) is 4.43. The number of nitrogens with zero attached hydrogens (tertiary/aromatic N) is 2. The van der Waals surface area contributed by atoms with E-state index in [9.17, 15) is 13.2 Å². The van der Waals surface area contributed by atoms with E-state index < -0.39 is 11.9 Å². The van der Waals surface area contributed by atoms with Crippen LogP contribution < -0.4 is 5.32 Å². The van der Waals surface area contributed by atoms with Crippen LogP contribution in [0.15, 0.2) is 28.7 Å². The molecule has 0 amide bonds. The van der Waals surface area contributed by atoms with Crippen molar-refractivity contribution in [1.29, 1.82) is 0 Å². The zero-order chi connectivity index (χ0) is 15.2. The van der Waals surface area contributed by atoms with Crippen LogP contribution in [0.25, 0.3) is 0 Å². The smallest absolute Gasteiger partial charge is 0.369 e. The van der Waals surface area contributed by atoms with Gasteiger partial charge in [0.25, 0.3) is 0 Å². The van der Waals surface area contributed by atoms with E-state index >= 15 is 0 Å². The number of halogens is 4. The Kier molecular flexibility index (Phi) is 3.47. The van der Waals surface area contributed by atoms with Crippen LogP contribution >= 0.6 is 15.9 Å². The molecule has 1 aromatic heterocycles. The summed E-state index contributed by atoms with van der Waals surface area (Å²) in [6.07, 6.45) is -3.77. The van der Waals surface area contributed by atoms with E-state index in [1.807, 2.05) is 31.2 Å². The highest BCUT2D eigenvalue weighted by Crippen LogP contribution is 2.42. The normalized spacial score (nSPS) is 18.2. The Hall–Kier alpha value is -1.50. The van der Waals surface area contributed by atoms with Crippen LogP contribution in [0.4, 0.5) is 19.0 Å². The third kappa shape index (κ3) is 2.43. The largest absolute Gasteiger partial charge is 0.436 e. The molecule has 3 rings (SSSR count). The number of anilines is 1. The van der Waals surface area contributed by atoms with Gasteiger partial charge in [-0.25, -0.2) is 4.68 Å². The lowest BCUT2D eigenvalue weighted by atomic mass is 9.98. The average Bonchev–Trinajstić information content (AvgIpc) is 2.77. The predicted molar refractivity (Wildman–Crippen MR) is 77.4 cm³/mol. The molecule has 1 aliphatic heterocycles. The summed E-state index contributed by atoms with van der Waals surface area (Å²) in [7, 11) is 0. The Morgan fingerprint density at radius 1 is 1.33 bits per heavy atom. The zero-order valence-electron chi connectivity index (χ0n) is 11.2. The molecule has 1 atom stereocenters. The first-order valence-electron chi connectivity index (χ1n) is 6.54. The van der Waals surface area contributed by atoms with Gasteiger partial charge in [-0.15, -0.1) is 0 Å². The van der Waals surface area contributed by atoms with Crippen molar-refractivity contribution in [2.24, 2.45) is 0 Å². The molecule has 1 aromatic carbocycles. The van der Waals surface area contributed by atoms with Crippen molar-refractivity contribution in [2.45, 2.75) is 25.6 Å². The number of hydrogen-bond donors (Lipinski definition) is 1. The van der Waals surface area contributed by atoms with Crippen LogP contribution in [0.3, 0.4) is 0 Å². The topological polar surface area (TPSA) is 29.9 Å². The number of rotatable bonds is 1. The minimum atomic E-state index is -4.47. The SMILES string of the molecule is Cc1ccccc1C1CCNc2c(Br)c(C(F)(F)F)nn21. The Morgan fingerprint density at radius 2 is 2.05 bits per heavy atom. The molecule has 112 valence electrons. The van der Waals surface area contributed by atoms with Gasteiger partial charge in [-0.1, -0.05) is 24.3 Å². The van der Waals surface area contributed by atoms with Gasteiger partial charge in [-0.3, -0.25) is 0 Å². The molecule has 0 saturated carbocycles. The summed E-state index contributed by atoms with van der Waals surface area (Å²) in [5.41, 5.74) is 1.17. The number of hydrogen-bond acceptors (Lipinski definition) is 2. The number of benzene rings is 1. The van der Waals surface area contributed by atoms with E-state index in [-0.39, 0.29) is 10.5 Å². The van der Waals surface area contributed by atoms with Crippen LogP contribution in [-0.4, -0.2) is 16.3 Å². The maximum absolute atomic E-state index is 13.0. The monoisotopic (exact) mass is 359 g/mol. The van der Waals surface area contributed by atoms with Gasteiger partial charge in [0.1, 0.15) is 5.82 Å². The Balaban J connectivity index is 2.13. The highest BCUT2D eigenvalue weighted by Gasteiger charge is 2.40. The van der Waals surface area contributed by atoms with Gasteiger partial charge < -0.3 is 5.32 Å². The minimum absolute atomic E-state index is 0.0201. The van der Waals surface area contributed by atoms with E-state index in [1.54, 1.807) is 0 Å². The molecule has 7 heteroatoms. The standard InChI is InChI=1S/C14H13BrF3N3/c1-8-4-2-3-5-9(8)10-6-7-19-13-11(15)12(14(16,17)18)20-21(10)13/h2-5,10,19H,6-7H2,1H3. The second kappa shape index (κ2) is 5.05. The van der Waals surface area contributed by atoms with Crippen molar-refractivity contribution in [1.82, 2.24) is 9.78 Å². The molecule has 0 bridgehead atoms. The molecule has 0 radical (unpaired) electrons. The van der Waals surface area contributed by atoms with Crippen LogP contribution in [0.1, 0.15) is 29.3 Å². The van der Waals surface area contributed by atoms with Crippen LogP contribution in [0.5, 0.6) is 0 Å². The highest BCUT2D eigenvalue weighted by molar-refractivity contribution is 9.10. The lowest BCUT2D eigenvalue weighted by Gasteiger charge is -2.27. The fraction of sp³-hybridized carbons (Fsp3) is 0.357. The van der Waals surface area contributed by atoms with Gasteiger partial charge in [0.15, 0.2) is 5.69 Å². The molecule has 0 saturated heterocycles. The van der Waals surface area contributed by atoms with Crippen molar-refractivity contribution in [3.8, 4) is 0 Å². The lowest BCUT2D eigenvalue weighted by molar-refractivity contribution is -0.142. The maximum atomic E-state index is 13.0. The molecule has 1 unspecified atom stereocenters. The number of alkyl halides is 3. The van der Waals surface area contributed by atoms with Gasteiger partial charge in [-0.2, -0.15) is 18.3 Å². The molecule has 2 aromatic rings. The second-order valence-corrected chi connectivity index (χ2v) is 5.83. The van der Waals surface area contributed by atoms with Crippen LogP contribution in [0, 0.1) is 6.92 Å². The molecule has 0 fully saturated rings. The van der Waals surface area contributed by atoms with Crippen molar-refractivity contribution < 1.29 is 13.2 Å². The third-order valence-electron chi connectivity index (χ3n) is 3.67. The maximum Gasteiger partial charge on any atom is 0.436 e. The summed E-state index contributed by atoms with van der Waals surface area (Å²) in [6, 6.07) is 7.53. The lowest BCUT2D eigenvalue weighted by Crippen LogP contribution is -2.25. The summed E-state index contributed by atoms with van der Waals surface area (Å²) < 4.78 is 40.5. The summed E-state index contributed by atoms with van der Waals surface area (Å²) in [6.45, 7) is 2.57. The van der Waals surface area contributed by atoms with Crippen molar-refractivity contribution in [3.05, 3.63) is 45.6 Å². The predicted octanol–water partition coefficient (Wildman–Crippen LogP) is 4.38. The van der Waals surface area contributed by atoms with Crippen molar-refractivity contribution in [2.75, 3.05) is 11.9 Å². The van der Waals surface area contributed by atoms with Crippen LogP contribution in [0.2, 0.25) is 0 Å². The summed E-state index contributed by atoms with van der Waals surface area (Å²) in [5, 5.41) is 6.80. The quantitative estimate of drug-likeness (QED) is 0.818. The number of aryl methyl sites for hydroxylation is 1. The van der Waals surface area contributed by atoms with Gasteiger partial charge in [-0.05, 0) is 40.4 Å². The Bertz CT molecular complexity index is 679. The second-order valence-electron chi connectivity index (χ2n) is 5.04. The molecule has 2 heterocycles. The first-order valence-corrected chi connectivity index (χ1v) is 7.33. The van der Waals surface area contributed by atoms with Gasteiger partial charge in [0, 0.05) is 6.54 Å². The zero-order valence-corrected chi connectivity index (χ0v) is 12.8. The summed E-state index contributed by atoms with van der Waals surface area (Å²) in [5.74, 6) is 0.391. The van der Waals surface area contributed by atoms with Gasteiger partial charge >= 0.3 is 6.18 Å². The molecule has 3 nitrogen and oxygen atoms in total. The number of aromatic nitrogens is 2. The average molecular weight is 360 g/mol. The van der Waals surface area contributed by atoms with E-state index in [0.717, 1.165) is 11.1 Å². The molecule has 0 spiro atoms. The van der Waals surface area contributed by atoms with Crippen molar-refractivity contribution >= 4 is 21.7 Å².